The Labute approximate surface area is 165 Å². The molecule has 1 unspecified atom stereocenters. The van der Waals surface area contributed by atoms with Gasteiger partial charge in [0.25, 0.3) is 0 Å². The molecule has 0 aromatic carbocycles. The van der Waals surface area contributed by atoms with E-state index in [1.807, 2.05) is 18.6 Å². The van der Waals surface area contributed by atoms with Crippen LogP contribution in [-0.2, 0) is 11.3 Å². The summed E-state index contributed by atoms with van der Waals surface area (Å²) in [6, 6.07) is 2.53. The summed E-state index contributed by atoms with van der Waals surface area (Å²) in [5.41, 5.74) is 5.35. The van der Waals surface area contributed by atoms with Crippen LogP contribution in [0.4, 0.5) is 0 Å². The van der Waals surface area contributed by atoms with Crippen molar-refractivity contribution in [1.29, 1.82) is 0 Å². The van der Waals surface area contributed by atoms with Crippen molar-refractivity contribution in [3.63, 3.8) is 0 Å². The van der Waals surface area contributed by atoms with Crippen molar-refractivity contribution < 1.29 is 4.79 Å². The van der Waals surface area contributed by atoms with Gasteiger partial charge in [0.2, 0.25) is 5.91 Å². The lowest BCUT2D eigenvalue weighted by Gasteiger charge is -2.23. The highest BCUT2D eigenvalue weighted by Gasteiger charge is 2.29. The van der Waals surface area contributed by atoms with Crippen LogP contribution in [0.15, 0.2) is 36.4 Å². The molecule has 0 spiro atoms. The van der Waals surface area contributed by atoms with Gasteiger partial charge in [-0.05, 0) is 49.0 Å². The molecule has 28 heavy (non-hydrogen) atoms. The third-order valence-electron chi connectivity index (χ3n) is 5.62. The molecule has 1 aliphatic heterocycles. The highest BCUT2D eigenvalue weighted by molar-refractivity contribution is 5.92. The molecule has 1 amide bonds. The molecule has 148 valence electrons. The summed E-state index contributed by atoms with van der Waals surface area (Å²) in [6.07, 6.45) is 10.1. The van der Waals surface area contributed by atoms with Crippen LogP contribution in [0.25, 0.3) is 16.6 Å². The topological polar surface area (TPSA) is 81.8 Å². The first-order valence-electron chi connectivity index (χ1n) is 10.2. The quantitative estimate of drug-likeness (QED) is 0.596. The predicted octanol–water partition coefficient (Wildman–Crippen LogP) is 3.05. The lowest BCUT2D eigenvalue weighted by atomic mass is 10.0. The van der Waals surface area contributed by atoms with Crippen molar-refractivity contribution in [2.75, 3.05) is 6.54 Å². The second kappa shape index (κ2) is 7.70. The Morgan fingerprint density at radius 1 is 1.32 bits per heavy atom. The van der Waals surface area contributed by atoms with Crippen molar-refractivity contribution in [2.24, 2.45) is 11.8 Å². The Morgan fingerprint density at radius 2 is 2.14 bits per heavy atom. The highest BCUT2D eigenvalue weighted by Crippen LogP contribution is 2.29. The number of carbonyl (C=O) groups is 1. The molecule has 0 radical (unpaired) electrons. The summed E-state index contributed by atoms with van der Waals surface area (Å²) in [6.45, 7) is 7.93. The molecule has 4 N–H and O–H groups in total. The average Bonchev–Trinajstić information content (AvgIpc) is 3.45. The second-order valence-corrected chi connectivity index (χ2v) is 8.26. The predicted molar refractivity (Wildman–Crippen MR) is 112 cm³/mol. The van der Waals surface area contributed by atoms with E-state index in [1.54, 1.807) is 0 Å². The fourth-order valence-electron chi connectivity index (χ4n) is 3.33. The molecule has 6 nitrogen and oxygen atoms in total. The number of aromatic nitrogens is 2. The molecule has 2 aromatic rings. The van der Waals surface area contributed by atoms with E-state index in [4.69, 9.17) is 0 Å². The third-order valence-corrected chi connectivity index (χ3v) is 5.62. The lowest BCUT2D eigenvalue weighted by molar-refractivity contribution is -0.122. The average molecular weight is 380 g/mol. The number of amides is 1. The molecule has 2 aliphatic rings. The van der Waals surface area contributed by atoms with E-state index in [-0.39, 0.29) is 11.8 Å². The van der Waals surface area contributed by atoms with Crippen molar-refractivity contribution in [3.05, 3.63) is 47.6 Å². The van der Waals surface area contributed by atoms with Gasteiger partial charge in [-0.25, -0.2) is 4.98 Å². The smallest absolute Gasteiger partial charge is 0.223 e. The van der Waals surface area contributed by atoms with Crippen molar-refractivity contribution >= 4 is 22.5 Å². The second-order valence-electron chi connectivity index (χ2n) is 8.26. The Morgan fingerprint density at radius 3 is 2.89 bits per heavy atom. The maximum Gasteiger partial charge on any atom is 0.223 e. The van der Waals surface area contributed by atoms with Crippen molar-refractivity contribution in [3.8, 4) is 0 Å². The number of hydrogen-bond donors (Lipinski definition) is 4. The van der Waals surface area contributed by atoms with Crippen LogP contribution in [-0.4, -0.2) is 28.5 Å². The van der Waals surface area contributed by atoms with Crippen LogP contribution in [0.3, 0.4) is 0 Å². The van der Waals surface area contributed by atoms with Gasteiger partial charge in [-0.2, -0.15) is 0 Å². The van der Waals surface area contributed by atoms with Crippen molar-refractivity contribution in [1.82, 2.24) is 25.9 Å². The number of pyridine rings is 1. The van der Waals surface area contributed by atoms with Gasteiger partial charge in [-0.3, -0.25) is 4.79 Å². The van der Waals surface area contributed by atoms with Gasteiger partial charge in [-0.1, -0.05) is 13.8 Å². The molecule has 1 aliphatic carbocycles. The largest absolute Gasteiger partial charge is 0.385 e. The fraction of sp³-hybridized carbons (Fsp3) is 0.455. The van der Waals surface area contributed by atoms with E-state index < -0.39 is 0 Å². The number of allylic oxidation sites excluding steroid dienone is 1. The summed E-state index contributed by atoms with van der Waals surface area (Å²) in [4.78, 5) is 19.7. The fourth-order valence-corrected chi connectivity index (χ4v) is 3.33. The zero-order valence-corrected chi connectivity index (χ0v) is 16.8. The molecule has 1 saturated carbocycles. The zero-order chi connectivity index (χ0) is 19.7. The van der Waals surface area contributed by atoms with Gasteiger partial charge in [0.05, 0.1) is 5.70 Å². The molecule has 1 fully saturated rings. The van der Waals surface area contributed by atoms with Crippen LogP contribution in [0.2, 0.25) is 0 Å². The summed E-state index contributed by atoms with van der Waals surface area (Å²) < 4.78 is 0. The molecule has 6 heteroatoms. The van der Waals surface area contributed by atoms with Gasteiger partial charge in [-0.15, -0.1) is 0 Å². The molecule has 4 rings (SSSR count). The monoisotopic (exact) mass is 379 g/mol. The number of rotatable bonds is 7. The number of fused-ring (bicyclic) bond motifs is 1. The van der Waals surface area contributed by atoms with E-state index in [9.17, 15) is 4.79 Å². The van der Waals surface area contributed by atoms with E-state index >= 15 is 0 Å². The zero-order valence-electron chi connectivity index (χ0n) is 16.8. The first-order valence-corrected chi connectivity index (χ1v) is 10.2. The van der Waals surface area contributed by atoms with Crippen molar-refractivity contribution in [2.45, 2.75) is 46.2 Å². The first kappa shape index (κ1) is 18.6. The number of carbonyl (C=O) groups excluding carboxylic acids is 1. The summed E-state index contributed by atoms with van der Waals surface area (Å²) in [5.74, 6) is 0.947. The lowest BCUT2D eigenvalue weighted by Crippen LogP contribution is -2.32. The first-order chi connectivity index (χ1) is 13.5. The van der Waals surface area contributed by atoms with Crippen LogP contribution in [0.1, 0.15) is 44.7 Å². The third kappa shape index (κ3) is 4.06. The maximum atomic E-state index is 11.9. The minimum absolute atomic E-state index is 0.161. The van der Waals surface area contributed by atoms with Gasteiger partial charge < -0.3 is 20.9 Å². The maximum absolute atomic E-state index is 11.9. The summed E-state index contributed by atoms with van der Waals surface area (Å²) >= 11 is 0. The normalized spacial score (nSPS) is 17.7. The van der Waals surface area contributed by atoms with Gasteiger partial charge >= 0.3 is 0 Å². The molecular weight excluding hydrogens is 350 g/mol. The van der Waals surface area contributed by atoms with Crippen LogP contribution in [0.5, 0.6) is 0 Å². The Kier molecular flexibility index (Phi) is 5.11. The number of nitrogens with one attached hydrogen (secondary N) is 4. The number of hydrogen-bond acceptors (Lipinski definition) is 4. The number of aromatic amines is 1. The Bertz CT molecular complexity index is 936. The molecular formula is C22H29N5O. The minimum atomic E-state index is 0.161. The standard InChI is InChI=1S/C22H29N5O/c1-13(2)14(3)27-18-7-17(10-23-11-18)20-12-25-21-19(20)6-15(8-24-21)9-26-22(28)16-4-5-16/h6-8,11-14,16,23,27H,4-5,9-10H2,1-3H3,(H,24,25)(H,26,28). The number of dihydropyridines is 1. The van der Waals surface area contributed by atoms with E-state index in [2.05, 4.69) is 58.8 Å². The van der Waals surface area contributed by atoms with Crippen LogP contribution >= 0.6 is 0 Å². The molecule has 2 aromatic heterocycles. The van der Waals surface area contributed by atoms with Crippen LogP contribution in [0, 0.1) is 11.8 Å². The Balaban J connectivity index is 1.54. The SMILES string of the molecule is CC(C)C(C)NC1=CNCC(c2c[nH]c3ncc(CNC(=O)C4CC4)cc23)=C1. The van der Waals surface area contributed by atoms with Crippen LogP contribution < -0.4 is 16.0 Å². The molecule has 1 atom stereocenters. The van der Waals surface area contributed by atoms with E-state index in [1.165, 1.54) is 5.57 Å². The Hall–Kier alpha value is -2.76. The van der Waals surface area contributed by atoms with Gasteiger partial charge in [0.1, 0.15) is 5.65 Å². The minimum Gasteiger partial charge on any atom is -0.385 e. The highest BCUT2D eigenvalue weighted by atomic mass is 16.2. The van der Waals surface area contributed by atoms with Gasteiger partial charge in [0, 0.05) is 54.6 Å². The van der Waals surface area contributed by atoms with Gasteiger partial charge in [0.15, 0.2) is 0 Å². The summed E-state index contributed by atoms with van der Waals surface area (Å²) in [7, 11) is 0. The molecule has 0 saturated heterocycles. The number of H-pyrrole nitrogens is 1. The number of nitrogens with zero attached hydrogens (tertiary/aromatic N) is 1. The summed E-state index contributed by atoms with van der Waals surface area (Å²) in [5, 5.41) is 11.0. The molecule has 3 heterocycles. The van der Waals surface area contributed by atoms with E-state index in [0.29, 0.717) is 18.5 Å². The van der Waals surface area contributed by atoms with E-state index in [0.717, 1.165) is 47.2 Å². The molecule has 0 bridgehead atoms.